The smallest absolute Gasteiger partial charge is 0.258 e. The van der Waals surface area contributed by atoms with Crippen molar-refractivity contribution in [2.45, 2.75) is 25.7 Å². The number of alkyl halides is 1. The maximum absolute atomic E-state index is 14.7. The third-order valence-corrected chi connectivity index (χ3v) is 7.06. The molecular weight excluding hydrogens is 619 g/mol. The maximum atomic E-state index is 14.7. The highest BCUT2D eigenvalue weighted by atomic mass is 127. The van der Waals surface area contributed by atoms with Gasteiger partial charge in [-0.25, -0.2) is 18.7 Å². The van der Waals surface area contributed by atoms with E-state index in [9.17, 15) is 18.4 Å². The van der Waals surface area contributed by atoms with E-state index in [4.69, 9.17) is 10.5 Å². The molecule has 0 aliphatic heterocycles. The van der Waals surface area contributed by atoms with Gasteiger partial charge in [0.05, 0.1) is 12.1 Å². The van der Waals surface area contributed by atoms with Gasteiger partial charge in [-0.15, -0.1) is 0 Å². The summed E-state index contributed by atoms with van der Waals surface area (Å²) in [5.74, 6) is -0.897. The molecule has 3 N–H and O–H groups in total. The Morgan fingerprint density at radius 1 is 1.26 bits per heavy atom. The zero-order valence-corrected chi connectivity index (χ0v) is 23.5. The summed E-state index contributed by atoms with van der Waals surface area (Å²) in [6.07, 6.45) is 4.48. The summed E-state index contributed by atoms with van der Waals surface area (Å²) in [6.45, 7) is 4.54. The number of nitrogen functional groups attached to an aromatic ring is 1. The first kappa shape index (κ1) is 28.4. The predicted molar refractivity (Wildman–Crippen MR) is 154 cm³/mol. The lowest BCUT2D eigenvalue weighted by atomic mass is 10.0. The van der Waals surface area contributed by atoms with Crippen molar-refractivity contribution >= 4 is 45.9 Å². The molecule has 2 amide bonds. The number of aromatic nitrogens is 2. The lowest BCUT2D eigenvalue weighted by Crippen LogP contribution is -2.35. The van der Waals surface area contributed by atoms with Crippen molar-refractivity contribution in [3.8, 4) is 17.0 Å². The van der Waals surface area contributed by atoms with E-state index < -0.39 is 24.3 Å². The van der Waals surface area contributed by atoms with Crippen LogP contribution in [-0.2, 0) is 4.79 Å². The summed E-state index contributed by atoms with van der Waals surface area (Å²) in [5, 5.41) is 2.82. The third kappa shape index (κ3) is 6.70. The second-order valence-corrected chi connectivity index (χ2v) is 10.3. The Hall–Kier alpha value is -3.61. The number of rotatable bonds is 11. The van der Waals surface area contributed by atoms with Crippen molar-refractivity contribution in [1.29, 1.82) is 0 Å². The molecule has 1 aliphatic rings. The minimum atomic E-state index is -0.702. The highest BCUT2D eigenvalue weighted by molar-refractivity contribution is 14.1. The Morgan fingerprint density at radius 2 is 2.03 bits per heavy atom. The standard InChI is InChI=1S/C28H28F2IN5O3/c1-3-24(37)36(9-8-29)10-11-39-26-25(33-15-34-27(26)32)21-13-19(31)14-23(16(21)2)35-28(38)20-7-6-18(12-22(20)30)17-4-5-17/h3,6-7,12-15,17H,1,4-5,8-11H2,2H3,(H,35,38)(H2,32,33,34). The fraction of sp³-hybridized carbons (Fsp3) is 0.286. The van der Waals surface area contributed by atoms with Crippen LogP contribution in [0.5, 0.6) is 5.75 Å². The summed E-state index contributed by atoms with van der Waals surface area (Å²) in [6, 6.07) is 8.37. The van der Waals surface area contributed by atoms with E-state index >= 15 is 0 Å². The predicted octanol–water partition coefficient (Wildman–Crippen LogP) is 5.27. The summed E-state index contributed by atoms with van der Waals surface area (Å²) in [7, 11) is 0. The van der Waals surface area contributed by atoms with E-state index in [2.05, 4.69) is 44.5 Å². The van der Waals surface area contributed by atoms with Crippen LogP contribution in [0.1, 0.15) is 40.2 Å². The van der Waals surface area contributed by atoms with Gasteiger partial charge in [0.1, 0.15) is 31.1 Å². The molecule has 1 heterocycles. The van der Waals surface area contributed by atoms with Crippen LogP contribution in [0.3, 0.4) is 0 Å². The molecule has 8 nitrogen and oxygen atoms in total. The Bertz CT molecular complexity index is 1410. The van der Waals surface area contributed by atoms with Crippen LogP contribution >= 0.6 is 22.6 Å². The molecular formula is C28H28F2IN5O3. The number of hydrogen-bond donors (Lipinski definition) is 2. The number of carbonyl (C=O) groups excluding carboxylic acids is 2. The van der Waals surface area contributed by atoms with Gasteiger partial charge in [-0.3, -0.25) is 9.59 Å². The molecule has 2 aromatic carbocycles. The number of hydrogen-bond acceptors (Lipinski definition) is 6. The van der Waals surface area contributed by atoms with E-state index in [-0.39, 0.29) is 36.8 Å². The number of benzene rings is 2. The van der Waals surface area contributed by atoms with Crippen LogP contribution in [-0.4, -0.2) is 53.1 Å². The largest absolute Gasteiger partial charge is 0.486 e. The molecule has 0 unspecified atom stereocenters. The van der Waals surface area contributed by atoms with Gasteiger partial charge >= 0.3 is 0 Å². The van der Waals surface area contributed by atoms with Gasteiger partial charge in [0.2, 0.25) is 5.91 Å². The number of nitrogens with two attached hydrogens (primary N) is 1. The molecule has 3 aromatic rings. The summed E-state index contributed by atoms with van der Waals surface area (Å²) in [5.41, 5.74) is 9.10. The molecule has 0 spiro atoms. The van der Waals surface area contributed by atoms with Crippen LogP contribution in [0.25, 0.3) is 11.3 Å². The number of nitrogens with zero attached hydrogens (tertiary/aromatic N) is 3. The molecule has 1 saturated carbocycles. The Morgan fingerprint density at radius 3 is 2.69 bits per heavy atom. The van der Waals surface area contributed by atoms with Crippen molar-refractivity contribution < 1.29 is 23.1 Å². The van der Waals surface area contributed by atoms with Gasteiger partial charge in [0.15, 0.2) is 11.6 Å². The molecule has 39 heavy (non-hydrogen) atoms. The first-order chi connectivity index (χ1) is 18.7. The average Bonchev–Trinajstić information content (AvgIpc) is 3.76. The normalized spacial score (nSPS) is 12.6. The zero-order chi connectivity index (χ0) is 28.1. The van der Waals surface area contributed by atoms with E-state index in [0.29, 0.717) is 28.4 Å². The fourth-order valence-corrected chi connectivity index (χ4v) is 4.80. The number of halogens is 3. The van der Waals surface area contributed by atoms with E-state index in [1.807, 2.05) is 6.07 Å². The molecule has 0 atom stereocenters. The van der Waals surface area contributed by atoms with Crippen LogP contribution < -0.4 is 15.8 Å². The number of ether oxygens (including phenoxy) is 1. The average molecular weight is 647 g/mol. The van der Waals surface area contributed by atoms with E-state index in [1.165, 1.54) is 23.4 Å². The highest BCUT2D eigenvalue weighted by Crippen LogP contribution is 2.41. The van der Waals surface area contributed by atoms with Crippen LogP contribution in [0.2, 0.25) is 0 Å². The molecule has 204 valence electrons. The molecule has 0 saturated heterocycles. The maximum Gasteiger partial charge on any atom is 0.258 e. The van der Waals surface area contributed by atoms with Gasteiger partial charge in [-0.1, -0.05) is 12.6 Å². The molecule has 1 aliphatic carbocycles. The molecule has 1 fully saturated rings. The van der Waals surface area contributed by atoms with Gasteiger partial charge in [-0.05, 0) is 89.7 Å². The van der Waals surface area contributed by atoms with Gasteiger partial charge in [0, 0.05) is 21.4 Å². The molecule has 0 radical (unpaired) electrons. The van der Waals surface area contributed by atoms with Crippen LogP contribution in [0.4, 0.5) is 20.3 Å². The van der Waals surface area contributed by atoms with Gasteiger partial charge in [0.25, 0.3) is 5.91 Å². The fourth-order valence-electron chi connectivity index (χ4n) is 4.17. The first-order valence-corrected chi connectivity index (χ1v) is 13.4. The van der Waals surface area contributed by atoms with E-state index in [0.717, 1.165) is 28.1 Å². The Kier molecular flexibility index (Phi) is 9.10. The van der Waals surface area contributed by atoms with Crippen molar-refractivity contribution in [3.05, 3.63) is 75.4 Å². The molecule has 4 rings (SSSR count). The Balaban J connectivity index is 1.59. The number of anilines is 2. The lowest BCUT2D eigenvalue weighted by molar-refractivity contribution is -0.126. The number of nitrogens with one attached hydrogen (secondary N) is 1. The van der Waals surface area contributed by atoms with E-state index in [1.54, 1.807) is 19.1 Å². The monoisotopic (exact) mass is 647 g/mol. The minimum Gasteiger partial charge on any atom is -0.486 e. The minimum absolute atomic E-state index is 0.00679. The van der Waals surface area contributed by atoms with Crippen LogP contribution in [0, 0.1) is 16.3 Å². The van der Waals surface area contributed by atoms with Crippen molar-refractivity contribution in [2.75, 3.05) is 37.4 Å². The SMILES string of the molecule is C=CC(=O)N(CCF)CCOc1c(N)ncnc1-c1cc(I)cc(NC(=O)c2ccc(C3CC3)cc2F)c1C. The highest BCUT2D eigenvalue weighted by Gasteiger charge is 2.25. The van der Waals surface area contributed by atoms with Crippen LogP contribution in [0.15, 0.2) is 49.3 Å². The topological polar surface area (TPSA) is 110 Å². The summed E-state index contributed by atoms with van der Waals surface area (Å²) in [4.78, 5) is 34.6. The van der Waals surface area contributed by atoms with Crippen molar-refractivity contribution in [3.63, 3.8) is 0 Å². The van der Waals surface area contributed by atoms with Crippen molar-refractivity contribution in [2.24, 2.45) is 0 Å². The number of amides is 2. The third-order valence-electron chi connectivity index (χ3n) is 6.44. The summed E-state index contributed by atoms with van der Waals surface area (Å²) >= 11 is 2.11. The second-order valence-electron chi connectivity index (χ2n) is 9.10. The van der Waals surface area contributed by atoms with Gasteiger partial charge in [-0.2, -0.15) is 0 Å². The van der Waals surface area contributed by atoms with Gasteiger partial charge < -0.3 is 20.7 Å². The molecule has 11 heteroatoms. The quantitative estimate of drug-likeness (QED) is 0.217. The number of carbonyl (C=O) groups is 2. The molecule has 1 aromatic heterocycles. The Labute approximate surface area is 238 Å². The second kappa shape index (κ2) is 12.5. The lowest BCUT2D eigenvalue weighted by Gasteiger charge is -2.21. The summed E-state index contributed by atoms with van der Waals surface area (Å²) < 4.78 is 34.3. The van der Waals surface area contributed by atoms with Crippen molar-refractivity contribution in [1.82, 2.24) is 14.9 Å². The first-order valence-electron chi connectivity index (χ1n) is 12.3. The molecule has 0 bridgehead atoms. The zero-order valence-electron chi connectivity index (χ0n) is 21.3.